The van der Waals surface area contributed by atoms with Crippen LogP contribution in [0.2, 0.25) is 0 Å². The first kappa shape index (κ1) is 20.7. The molecule has 1 aliphatic carbocycles. The molecule has 4 heteroatoms. The van der Waals surface area contributed by atoms with Gasteiger partial charge in [0.15, 0.2) is 5.11 Å². The minimum Gasteiger partial charge on any atom is -0.490 e. The van der Waals surface area contributed by atoms with Crippen LogP contribution >= 0.6 is 12.2 Å². The summed E-state index contributed by atoms with van der Waals surface area (Å²) in [6, 6.07) is 19.0. The molecule has 0 saturated heterocycles. The maximum Gasteiger partial charge on any atom is 0.170 e. The quantitative estimate of drug-likeness (QED) is 0.558. The Morgan fingerprint density at radius 1 is 1.07 bits per heavy atom. The summed E-state index contributed by atoms with van der Waals surface area (Å²) in [6.07, 6.45) is 6.28. The number of nitrogens with one attached hydrogen (secondary N) is 2. The Morgan fingerprint density at radius 3 is 2.36 bits per heavy atom. The fourth-order valence-electron chi connectivity index (χ4n) is 4.03. The molecule has 150 valence electrons. The molecule has 28 heavy (non-hydrogen) atoms. The van der Waals surface area contributed by atoms with E-state index in [0.29, 0.717) is 11.2 Å². The summed E-state index contributed by atoms with van der Waals surface area (Å²) in [5.41, 5.74) is 2.41. The molecule has 0 heterocycles. The van der Waals surface area contributed by atoms with Crippen LogP contribution < -0.4 is 15.4 Å². The maximum atomic E-state index is 6.02. The van der Waals surface area contributed by atoms with Crippen molar-refractivity contribution in [2.75, 3.05) is 5.32 Å². The van der Waals surface area contributed by atoms with E-state index in [9.17, 15) is 0 Å². The number of anilines is 1. The zero-order chi connectivity index (χ0) is 20.0. The molecule has 0 radical (unpaired) electrons. The van der Waals surface area contributed by atoms with Crippen molar-refractivity contribution >= 4 is 23.0 Å². The first-order valence-electron chi connectivity index (χ1n) is 10.3. The Kier molecular flexibility index (Phi) is 6.95. The highest BCUT2D eigenvalue weighted by molar-refractivity contribution is 7.80. The van der Waals surface area contributed by atoms with Crippen LogP contribution in [0, 0.1) is 0 Å². The van der Waals surface area contributed by atoms with E-state index in [1.54, 1.807) is 0 Å². The van der Waals surface area contributed by atoms with Crippen LogP contribution in [0.15, 0.2) is 54.6 Å². The van der Waals surface area contributed by atoms with Gasteiger partial charge in [-0.05, 0) is 86.5 Å². The number of rotatable bonds is 7. The largest absolute Gasteiger partial charge is 0.490 e. The molecule has 0 spiro atoms. The average molecular weight is 397 g/mol. The Hall–Kier alpha value is -2.07. The van der Waals surface area contributed by atoms with Gasteiger partial charge in [0.05, 0.1) is 6.10 Å². The monoisotopic (exact) mass is 396 g/mol. The molecule has 2 aromatic carbocycles. The Labute approximate surface area is 174 Å². The fraction of sp³-hybridized carbons (Fsp3) is 0.458. The second-order valence-corrected chi connectivity index (χ2v) is 8.91. The van der Waals surface area contributed by atoms with Crippen molar-refractivity contribution in [3.8, 4) is 5.75 Å². The molecule has 0 bridgehead atoms. The summed E-state index contributed by atoms with van der Waals surface area (Å²) in [6.45, 7) is 6.73. The third-order valence-corrected chi connectivity index (χ3v) is 5.69. The second kappa shape index (κ2) is 9.42. The molecule has 0 aromatic heterocycles. The number of ether oxygens (including phenoxy) is 1. The van der Waals surface area contributed by atoms with Gasteiger partial charge >= 0.3 is 0 Å². The SMILES string of the molecule is C[C@@H](CC(C)(C)c1ccccc1)NC(=S)Nc1ccc(OC2CCCC2)cc1. The van der Waals surface area contributed by atoms with E-state index in [2.05, 4.69) is 61.7 Å². The van der Waals surface area contributed by atoms with Crippen LogP contribution in [0.3, 0.4) is 0 Å². The van der Waals surface area contributed by atoms with Crippen LogP contribution in [-0.2, 0) is 5.41 Å². The van der Waals surface area contributed by atoms with Crippen LogP contribution in [0.5, 0.6) is 5.75 Å². The smallest absolute Gasteiger partial charge is 0.170 e. The number of hydrogen-bond acceptors (Lipinski definition) is 2. The maximum absolute atomic E-state index is 6.02. The minimum atomic E-state index is 0.0858. The van der Waals surface area contributed by atoms with E-state index in [0.717, 1.165) is 17.9 Å². The molecule has 1 aliphatic rings. The third kappa shape index (κ3) is 5.96. The molecule has 0 aliphatic heterocycles. The Balaban J connectivity index is 1.47. The predicted molar refractivity (Wildman–Crippen MR) is 122 cm³/mol. The zero-order valence-corrected chi connectivity index (χ0v) is 18.0. The second-order valence-electron chi connectivity index (χ2n) is 8.50. The molecule has 2 aromatic rings. The lowest BCUT2D eigenvalue weighted by molar-refractivity contribution is 0.210. The van der Waals surface area contributed by atoms with Crippen molar-refractivity contribution in [3.63, 3.8) is 0 Å². The normalized spacial score (nSPS) is 15.8. The van der Waals surface area contributed by atoms with Gasteiger partial charge in [-0.25, -0.2) is 0 Å². The summed E-state index contributed by atoms with van der Waals surface area (Å²) in [5, 5.41) is 7.35. The molecule has 1 atom stereocenters. The summed E-state index contributed by atoms with van der Waals surface area (Å²) in [4.78, 5) is 0. The molecular weight excluding hydrogens is 364 g/mol. The first-order valence-corrected chi connectivity index (χ1v) is 10.7. The van der Waals surface area contributed by atoms with Gasteiger partial charge in [-0.1, -0.05) is 44.2 Å². The van der Waals surface area contributed by atoms with Gasteiger partial charge in [0.2, 0.25) is 0 Å². The Bertz CT molecular complexity index is 752. The molecule has 1 fully saturated rings. The fourth-order valence-corrected chi connectivity index (χ4v) is 4.35. The van der Waals surface area contributed by atoms with E-state index in [1.165, 1.54) is 31.2 Å². The first-order chi connectivity index (χ1) is 13.4. The van der Waals surface area contributed by atoms with Crippen LogP contribution in [0.1, 0.15) is 58.4 Å². The number of thiocarbonyl (C=S) groups is 1. The number of hydrogen-bond donors (Lipinski definition) is 2. The highest BCUT2D eigenvalue weighted by Gasteiger charge is 2.23. The molecule has 0 amide bonds. The van der Waals surface area contributed by atoms with Crippen molar-refractivity contribution in [1.29, 1.82) is 0 Å². The van der Waals surface area contributed by atoms with E-state index in [4.69, 9.17) is 17.0 Å². The molecule has 1 saturated carbocycles. The lowest BCUT2D eigenvalue weighted by Gasteiger charge is -2.29. The molecule has 3 nitrogen and oxygen atoms in total. The Morgan fingerprint density at radius 2 is 1.71 bits per heavy atom. The standard InChI is InChI=1S/C24H32N2OS/c1-18(17-24(2,3)19-9-5-4-6-10-19)25-23(28)26-20-13-15-22(16-14-20)27-21-11-7-8-12-21/h4-6,9-10,13-16,18,21H,7-8,11-12,17H2,1-3H3,(H2,25,26,28)/t18-/m0/s1. The van der Waals surface area contributed by atoms with Crippen molar-refractivity contribution in [2.24, 2.45) is 0 Å². The van der Waals surface area contributed by atoms with Crippen molar-refractivity contribution in [1.82, 2.24) is 5.32 Å². The van der Waals surface area contributed by atoms with Crippen molar-refractivity contribution in [3.05, 3.63) is 60.2 Å². The molecule has 0 unspecified atom stereocenters. The van der Waals surface area contributed by atoms with Gasteiger partial charge in [0.1, 0.15) is 5.75 Å². The van der Waals surface area contributed by atoms with E-state index < -0.39 is 0 Å². The van der Waals surface area contributed by atoms with Gasteiger partial charge in [-0.3, -0.25) is 0 Å². The minimum absolute atomic E-state index is 0.0858. The summed E-state index contributed by atoms with van der Waals surface area (Å²) in [5.74, 6) is 0.939. The topological polar surface area (TPSA) is 33.3 Å². The molecule has 2 N–H and O–H groups in total. The van der Waals surface area contributed by atoms with Crippen LogP contribution in [0.4, 0.5) is 5.69 Å². The van der Waals surface area contributed by atoms with Crippen LogP contribution in [0.25, 0.3) is 0 Å². The van der Waals surface area contributed by atoms with E-state index in [-0.39, 0.29) is 11.5 Å². The predicted octanol–water partition coefficient (Wildman–Crippen LogP) is 6.05. The van der Waals surface area contributed by atoms with Crippen molar-refractivity contribution < 1.29 is 4.74 Å². The lowest BCUT2D eigenvalue weighted by atomic mass is 9.79. The van der Waals surface area contributed by atoms with E-state index >= 15 is 0 Å². The highest BCUT2D eigenvalue weighted by Crippen LogP contribution is 2.28. The molecular formula is C24H32N2OS. The van der Waals surface area contributed by atoms with Crippen molar-refractivity contribution in [2.45, 2.75) is 70.4 Å². The summed E-state index contributed by atoms with van der Waals surface area (Å²) >= 11 is 5.51. The highest BCUT2D eigenvalue weighted by atomic mass is 32.1. The summed E-state index contributed by atoms with van der Waals surface area (Å²) < 4.78 is 6.02. The lowest BCUT2D eigenvalue weighted by Crippen LogP contribution is -2.39. The summed E-state index contributed by atoms with van der Waals surface area (Å²) in [7, 11) is 0. The zero-order valence-electron chi connectivity index (χ0n) is 17.2. The van der Waals surface area contributed by atoms with Gasteiger partial charge in [-0.2, -0.15) is 0 Å². The van der Waals surface area contributed by atoms with Gasteiger partial charge in [-0.15, -0.1) is 0 Å². The van der Waals surface area contributed by atoms with Gasteiger partial charge < -0.3 is 15.4 Å². The van der Waals surface area contributed by atoms with Gasteiger partial charge in [0.25, 0.3) is 0 Å². The van der Waals surface area contributed by atoms with E-state index in [1.807, 2.05) is 24.3 Å². The average Bonchev–Trinajstić information content (AvgIpc) is 3.16. The van der Waals surface area contributed by atoms with Gasteiger partial charge in [0, 0.05) is 11.7 Å². The third-order valence-electron chi connectivity index (χ3n) is 5.47. The number of benzene rings is 2. The van der Waals surface area contributed by atoms with Crippen LogP contribution in [-0.4, -0.2) is 17.3 Å². The molecule has 3 rings (SSSR count).